The van der Waals surface area contributed by atoms with Crippen molar-refractivity contribution in [3.63, 3.8) is 0 Å². The molecule has 0 unspecified atom stereocenters. The summed E-state index contributed by atoms with van der Waals surface area (Å²) < 4.78 is 0. The van der Waals surface area contributed by atoms with Crippen molar-refractivity contribution < 1.29 is 14.7 Å². The number of oxime groups is 1. The van der Waals surface area contributed by atoms with E-state index >= 15 is 0 Å². The number of nitrogens with zero attached hydrogens (tertiary/aromatic N) is 1. The molecule has 58 valence electrons. The highest BCUT2D eigenvalue weighted by atomic mass is 16.6. The Labute approximate surface area is 59.5 Å². The molecule has 0 saturated heterocycles. The summed E-state index contributed by atoms with van der Waals surface area (Å²) in [5, 5.41) is 11.6. The average molecular weight is 145 g/mol. The van der Waals surface area contributed by atoms with Crippen LogP contribution in [0.4, 0.5) is 0 Å². The van der Waals surface area contributed by atoms with Gasteiger partial charge in [-0.15, -0.1) is 0 Å². The lowest BCUT2D eigenvalue weighted by Gasteiger charge is -1.94. The molecule has 0 aliphatic rings. The highest BCUT2D eigenvalue weighted by Gasteiger charge is 1.93. The topological polar surface area (TPSA) is 58.9 Å². The van der Waals surface area contributed by atoms with Gasteiger partial charge >= 0.3 is 5.97 Å². The van der Waals surface area contributed by atoms with Gasteiger partial charge in [-0.2, -0.15) is 0 Å². The fourth-order valence-corrected chi connectivity index (χ4v) is 0.262. The summed E-state index contributed by atoms with van der Waals surface area (Å²) in [7, 11) is 0. The minimum absolute atomic E-state index is 0.364. The molecule has 0 rings (SSSR count). The molecule has 0 atom stereocenters. The van der Waals surface area contributed by atoms with Crippen LogP contribution in [0.1, 0.15) is 20.3 Å². The van der Waals surface area contributed by atoms with Gasteiger partial charge in [-0.05, 0) is 13.3 Å². The van der Waals surface area contributed by atoms with Crippen molar-refractivity contribution in [2.24, 2.45) is 5.16 Å². The van der Waals surface area contributed by atoms with Crippen molar-refractivity contribution in [3.05, 3.63) is 0 Å². The number of hydrogen-bond acceptors (Lipinski definition) is 3. The van der Waals surface area contributed by atoms with Gasteiger partial charge in [-0.1, -0.05) is 12.1 Å². The average Bonchev–Trinajstić information content (AvgIpc) is 1.87. The molecule has 0 bridgehead atoms. The zero-order valence-corrected chi connectivity index (χ0v) is 6.13. The van der Waals surface area contributed by atoms with Crippen LogP contribution in [0.5, 0.6) is 0 Å². The largest absolute Gasteiger partial charge is 0.479 e. The van der Waals surface area contributed by atoms with Crippen LogP contribution < -0.4 is 0 Å². The third kappa shape index (κ3) is 5.08. The Bertz CT molecular complexity index is 142. The molecule has 0 aliphatic heterocycles. The van der Waals surface area contributed by atoms with Crippen LogP contribution in [-0.2, 0) is 9.63 Å². The lowest BCUT2D eigenvalue weighted by molar-refractivity contribution is -0.142. The van der Waals surface area contributed by atoms with E-state index in [0.717, 1.165) is 12.1 Å². The number of hydrogen-bond donors (Lipinski definition) is 1. The van der Waals surface area contributed by atoms with Gasteiger partial charge in [0.2, 0.25) is 6.61 Å². The molecule has 0 aromatic heterocycles. The molecule has 4 heteroatoms. The van der Waals surface area contributed by atoms with E-state index in [2.05, 4.69) is 9.99 Å². The van der Waals surface area contributed by atoms with Gasteiger partial charge in [0.15, 0.2) is 0 Å². The first kappa shape index (κ1) is 8.94. The highest BCUT2D eigenvalue weighted by molar-refractivity contribution is 5.81. The van der Waals surface area contributed by atoms with E-state index in [1.165, 1.54) is 0 Å². The van der Waals surface area contributed by atoms with E-state index in [4.69, 9.17) is 5.11 Å². The van der Waals surface area contributed by atoms with Gasteiger partial charge in [0, 0.05) is 0 Å². The lowest BCUT2D eigenvalue weighted by atomic mass is 10.3. The number of aliphatic carboxylic acids is 1. The van der Waals surface area contributed by atoms with Crippen LogP contribution >= 0.6 is 0 Å². The highest BCUT2D eigenvalue weighted by Crippen LogP contribution is 1.85. The first-order valence-electron chi connectivity index (χ1n) is 3.04. The molecule has 0 aliphatic carbocycles. The van der Waals surface area contributed by atoms with Crippen LogP contribution in [0, 0.1) is 0 Å². The number of carbonyl (C=O) groups is 1. The van der Waals surface area contributed by atoms with Crippen molar-refractivity contribution in [2.45, 2.75) is 20.3 Å². The number of carboxylic acids is 1. The predicted octanol–water partition coefficient (Wildman–Crippen LogP) is 0.873. The van der Waals surface area contributed by atoms with E-state index in [1.807, 2.05) is 6.92 Å². The summed E-state index contributed by atoms with van der Waals surface area (Å²) in [6.07, 6.45) is 0.777. The van der Waals surface area contributed by atoms with E-state index in [1.54, 1.807) is 6.92 Å². The maximum atomic E-state index is 9.87. The second-order valence-corrected chi connectivity index (χ2v) is 1.85. The summed E-state index contributed by atoms with van der Waals surface area (Å²) in [6.45, 7) is 3.34. The SMILES string of the molecule is CC/C(C)=N/OCC(=O)O. The molecular weight excluding hydrogens is 134 g/mol. The molecule has 0 radical (unpaired) electrons. The number of carboxylic acid groups (broad SMARTS) is 1. The summed E-state index contributed by atoms with van der Waals surface area (Å²) in [5.74, 6) is -1.01. The van der Waals surface area contributed by atoms with Crippen LogP contribution in [0.2, 0.25) is 0 Å². The Morgan fingerprint density at radius 3 is 2.70 bits per heavy atom. The van der Waals surface area contributed by atoms with Crippen LogP contribution in [0.25, 0.3) is 0 Å². The summed E-state index contributed by atoms with van der Waals surface area (Å²) in [5.41, 5.74) is 0.793. The second kappa shape index (κ2) is 4.78. The molecule has 0 amide bonds. The third-order valence-corrected chi connectivity index (χ3v) is 0.920. The van der Waals surface area contributed by atoms with Gasteiger partial charge in [0.1, 0.15) is 0 Å². The Morgan fingerprint density at radius 2 is 2.30 bits per heavy atom. The zero-order chi connectivity index (χ0) is 7.98. The maximum absolute atomic E-state index is 9.87. The molecule has 0 aromatic rings. The van der Waals surface area contributed by atoms with Gasteiger partial charge in [0.25, 0.3) is 0 Å². The fraction of sp³-hybridized carbons (Fsp3) is 0.667. The molecule has 0 fully saturated rings. The predicted molar refractivity (Wildman–Crippen MR) is 37.0 cm³/mol. The molecule has 0 heterocycles. The van der Waals surface area contributed by atoms with Crippen molar-refractivity contribution >= 4 is 11.7 Å². The third-order valence-electron chi connectivity index (χ3n) is 0.920. The Kier molecular flexibility index (Phi) is 4.28. The van der Waals surface area contributed by atoms with Crippen molar-refractivity contribution in [3.8, 4) is 0 Å². The molecule has 0 spiro atoms. The van der Waals surface area contributed by atoms with Crippen molar-refractivity contribution in [1.82, 2.24) is 0 Å². The standard InChI is InChI=1S/C6H11NO3/c1-3-5(2)7-10-4-6(8)9/h3-4H2,1-2H3,(H,8,9)/b7-5+. The van der Waals surface area contributed by atoms with Gasteiger partial charge in [-0.3, -0.25) is 0 Å². The molecule has 1 N–H and O–H groups in total. The second-order valence-electron chi connectivity index (χ2n) is 1.85. The smallest absolute Gasteiger partial charge is 0.344 e. The first-order valence-corrected chi connectivity index (χ1v) is 3.04. The van der Waals surface area contributed by atoms with E-state index in [0.29, 0.717) is 0 Å². The van der Waals surface area contributed by atoms with Gasteiger partial charge in [0.05, 0.1) is 5.71 Å². The molecule has 4 nitrogen and oxygen atoms in total. The summed E-state index contributed by atoms with van der Waals surface area (Å²) >= 11 is 0. The number of rotatable bonds is 4. The zero-order valence-electron chi connectivity index (χ0n) is 6.13. The maximum Gasteiger partial charge on any atom is 0.344 e. The quantitative estimate of drug-likeness (QED) is 0.471. The van der Waals surface area contributed by atoms with Crippen molar-refractivity contribution in [2.75, 3.05) is 6.61 Å². The van der Waals surface area contributed by atoms with Gasteiger partial charge in [-0.25, -0.2) is 4.79 Å². The fourth-order valence-electron chi connectivity index (χ4n) is 0.262. The lowest BCUT2D eigenvalue weighted by Crippen LogP contribution is -2.04. The molecule has 0 saturated carbocycles. The first-order chi connectivity index (χ1) is 4.66. The molecule has 0 aromatic carbocycles. The van der Waals surface area contributed by atoms with Crippen LogP contribution in [-0.4, -0.2) is 23.4 Å². The van der Waals surface area contributed by atoms with Crippen LogP contribution in [0.15, 0.2) is 5.16 Å². The normalized spacial score (nSPS) is 11.2. The Morgan fingerprint density at radius 1 is 1.70 bits per heavy atom. The minimum Gasteiger partial charge on any atom is -0.479 e. The van der Waals surface area contributed by atoms with Crippen LogP contribution in [0.3, 0.4) is 0 Å². The monoisotopic (exact) mass is 145 g/mol. The van der Waals surface area contributed by atoms with Gasteiger partial charge < -0.3 is 9.94 Å². The molecule has 10 heavy (non-hydrogen) atoms. The summed E-state index contributed by atoms with van der Waals surface area (Å²) in [4.78, 5) is 14.3. The minimum atomic E-state index is -1.01. The van der Waals surface area contributed by atoms with E-state index in [9.17, 15) is 4.79 Å². The van der Waals surface area contributed by atoms with E-state index < -0.39 is 5.97 Å². The Hall–Kier alpha value is -1.06. The molecular formula is C6H11NO3. The van der Waals surface area contributed by atoms with E-state index in [-0.39, 0.29) is 6.61 Å². The van der Waals surface area contributed by atoms with Crippen molar-refractivity contribution in [1.29, 1.82) is 0 Å². The Balaban J connectivity index is 3.43. The summed E-state index contributed by atoms with van der Waals surface area (Å²) in [6, 6.07) is 0.